The number of nitrogens with one attached hydrogen (secondary N) is 1. The van der Waals surface area contributed by atoms with Crippen molar-refractivity contribution in [2.75, 3.05) is 7.11 Å². The molecule has 9 nitrogen and oxygen atoms in total. The molecule has 1 aromatic carbocycles. The van der Waals surface area contributed by atoms with E-state index in [2.05, 4.69) is 9.97 Å². The molecule has 0 fully saturated rings. The van der Waals surface area contributed by atoms with Crippen LogP contribution in [0.5, 0.6) is 0 Å². The van der Waals surface area contributed by atoms with E-state index in [1.54, 1.807) is 35.9 Å². The second-order valence-electron chi connectivity index (χ2n) is 6.92. The Hall–Kier alpha value is -3.20. The van der Waals surface area contributed by atoms with Crippen molar-refractivity contribution in [1.82, 2.24) is 19.1 Å². The number of rotatable bonds is 9. The minimum atomic E-state index is -0.497. The van der Waals surface area contributed by atoms with E-state index in [1.165, 1.54) is 4.57 Å². The van der Waals surface area contributed by atoms with Crippen molar-refractivity contribution in [3.8, 4) is 0 Å². The molecular weight excluding hydrogens is 388 g/mol. The Morgan fingerprint density at radius 1 is 1.10 bits per heavy atom. The molecule has 30 heavy (non-hydrogen) atoms. The number of fused-ring (bicyclic) bond motifs is 1. The molecule has 2 heterocycles. The van der Waals surface area contributed by atoms with Crippen LogP contribution in [0.1, 0.15) is 48.4 Å². The van der Waals surface area contributed by atoms with Crippen molar-refractivity contribution in [1.29, 1.82) is 0 Å². The number of hydrogen-bond donors (Lipinski definition) is 1. The minimum absolute atomic E-state index is 0.109. The summed E-state index contributed by atoms with van der Waals surface area (Å²) in [7, 11) is 1.61. The summed E-state index contributed by atoms with van der Waals surface area (Å²) in [5, 5.41) is 0. The minimum Gasteiger partial charge on any atom is -0.454 e. The van der Waals surface area contributed by atoms with Crippen molar-refractivity contribution in [3.05, 3.63) is 62.1 Å². The van der Waals surface area contributed by atoms with E-state index < -0.39 is 17.2 Å². The Morgan fingerprint density at radius 3 is 2.47 bits per heavy atom. The lowest BCUT2D eigenvalue weighted by molar-refractivity contribution is 0.0458. The van der Waals surface area contributed by atoms with Gasteiger partial charge in [-0.1, -0.05) is 25.5 Å². The number of aromatic amines is 1. The van der Waals surface area contributed by atoms with Crippen LogP contribution >= 0.6 is 0 Å². The molecule has 2 aromatic heterocycles. The number of aromatic nitrogens is 4. The van der Waals surface area contributed by atoms with E-state index in [4.69, 9.17) is 9.47 Å². The van der Waals surface area contributed by atoms with Crippen molar-refractivity contribution in [2.45, 2.75) is 53.0 Å². The maximum Gasteiger partial charge on any atom is 0.338 e. The van der Waals surface area contributed by atoms with E-state index in [0.717, 1.165) is 18.4 Å². The Labute approximate surface area is 173 Å². The lowest BCUT2D eigenvalue weighted by Gasteiger charge is -2.08. The first-order chi connectivity index (χ1) is 14.5. The van der Waals surface area contributed by atoms with E-state index in [9.17, 15) is 14.4 Å². The zero-order valence-corrected chi connectivity index (χ0v) is 17.4. The molecule has 3 rings (SSSR count). The number of ether oxygens (including phenoxy) is 2. The molecule has 0 unspecified atom stereocenters. The second kappa shape index (κ2) is 9.53. The van der Waals surface area contributed by atoms with Gasteiger partial charge in [-0.25, -0.2) is 14.6 Å². The standard InChI is InChI=1S/C21H26N4O5/c1-4-6-11-25-18-17(19(26)23-21(25)28)24(5-2)16(22-18)13-30-20(27)15-9-7-14(8-10-15)12-29-3/h7-10H,4-6,11-13H2,1-3H3,(H,23,26,28). The van der Waals surface area contributed by atoms with Gasteiger partial charge in [-0.05, 0) is 31.0 Å². The molecule has 0 bridgehead atoms. The predicted molar refractivity (Wildman–Crippen MR) is 111 cm³/mol. The summed E-state index contributed by atoms with van der Waals surface area (Å²) in [6.07, 6.45) is 1.68. The Bertz CT molecular complexity index is 1140. The largest absolute Gasteiger partial charge is 0.454 e. The van der Waals surface area contributed by atoms with E-state index >= 15 is 0 Å². The van der Waals surface area contributed by atoms with Crippen molar-refractivity contribution >= 4 is 17.1 Å². The molecular formula is C21H26N4O5. The zero-order chi connectivity index (χ0) is 21.7. The molecule has 0 radical (unpaired) electrons. The van der Waals surface area contributed by atoms with Crippen LogP contribution in [0.15, 0.2) is 33.9 Å². The summed E-state index contributed by atoms with van der Waals surface area (Å²) in [5.41, 5.74) is 1.000. The molecule has 0 aliphatic carbocycles. The highest BCUT2D eigenvalue weighted by atomic mass is 16.5. The Morgan fingerprint density at radius 2 is 1.83 bits per heavy atom. The van der Waals surface area contributed by atoms with Gasteiger partial charge in [0.2, 0.25) is 0 Å². The van der Waals surface area contributed by atoms with E-state index in [-0.39, 0.29) is 6.61 Å². The third-order valence-corrected chi connectivity index (χ3v) is 4.85. The Kier molecular flexibility index (Phi) is 6.83. The maximum absolute atomic E-state index is 12.4. The van der Waals surface area contributed by atoms with Crippen LogP contribution in [0, 0.1) is 0 Å². The van der Waals surface area contributed by atoms with Gasteiger partial charge in [-0.2, -0.15) is 0 Å². The van der Waals surface area contributed by atoms with Crippen LogP contribution in [-0.2, 0) is 35.8 Å². The zero-order valence-electron chi connectivity index (χ0n) is 17.4. The van der Waals surface area contributed by atoms with E-state index in [1.807, 2.05) is 13.8 Å². The highest BCUT2D eigenvalue weighted by molar-refractivity contribution is 5.89. The third-order valence-electron chi connectivity index (χ3n) is 4.85. The number of imidazole rings is 1. The van der Waals surface area contributed by atoms with Gasteiger partial charge >= 0.3 is 11.7 Å². The fraction of sp³-hybridized carbons (Fsp3) is 0.429. The number of hydrogen-bond acceptors (Lipinski definition) is 6. The fourth-order valence-electron chi connectivity index (χ4n) is 3.31. The summed E-state index contributed by atoms with van der Waals surface area (Å²) in [6.45, 7) is 5.14. The molecule has 0 aliphatic rings. The van der Waals surface area contributed by atoms with Gasteiger partial charge in [0.1, 0.15) is 12.4 Å². The molecule has 0 spiro atoms. The summed E-state index contributed by atoms with van der Waals surface area (Å²) < 4.78 is 13.6. The van der Waals surface area contributed by atoms with Gasteiger partial charge in [0, 0.05) is 20.2 Å². The lowest BCUT2D eigenvalue weighted by atomic mass is 10.1. The lowest BCUT2D eigenvalue weighted by Crippen LogP contribution is -2.31. The number of nitrogens with zero attached hydrogens (tertiary/aromatic N) is 3. The summed E-state index contributed by atoms with van der Waals surface area (Å²) in [5.74, 6) is -0.0795. The monoisotopic (exact) mass is 414 g/mol. The SMILES string of the molecule is CCCCn1c(=O)[nH]c(=O)c2c1nc(COC(=O)c1ccc(COC)cc1)n2CC. The van der Waals surface area contributed by atoms with Crippen LogP contribution in [-0.4, -0.2) is 32.2 Å². The smallest absolute Gasteiger partial charge is 0.338 e. The first-order valence-electron chi connectivity index (χ1n) is 9.97. The number of benzene rings is 1. The number of carbonyl (C=O) groups is 1. The first kappa shape index (κ1) is 21.5. The van der Waals surface area contributed by atoms with Gasteiger partial charge in [0.25, 0.3) is 5.56 Å². The average molecular weight is 414 g/mol. The number of methoxy groups -OCH3 is 1. The second-order valence-corrected chi connectivity index (χ2v) is 6.92. The topological polar surface area (TPSA) is 108 Å². The Balaban J connectivity index is 1.88. The van der Waals surface area contributed by atoms with E-state index in [0.29, 0.717) is 42.2 Å². The van der Waals surface area contributed by atoms with Crippen molar-refractivity contribution < 1.29 is 14.3 Å². The number of H-pyrrole nitrogens is 1. The molecule has 0 saturated heterocycles. The van der Waals surface area contributed by atoms with Crippen LogP contribution in [0.3, 0.4) is 0 Å². The molecule has 160 valence electrons. The van der Waals surface area contributed by atoms with Gasteiger partial charge in [-0.3, -0.25) is 14.3 Å². The molecule has 1 N–H and O–H groups in total. The third kappa shape index (κ3) is 4.35. The van der Waals surface area contributed by atoms with Crippen molar-refractivity contribution in [3.63, 3.8) is 0 Å². The molecule has 3 aromatic rings. The molecule has 9 heteroatoms. The normalized spacial score (nSPS) is 11.2. The van der Waals surface area contributed by atoms with Crippen LogP contribution in [0.25, 0.3) is 11.2 Å². The average Bonchev–Trinajstić information content (AvgIpc) is 3.11. The van der Waals surface area contributed by atoms with Crippen LogP contribution in [0.2, 0.25) is 0 Å². The molecule has 0 aliphatic heterocycles. The highest BCUT2D eigenvalue weighted by Crippen LogP contribution is 2.14. The number of carbonyl (C=O) groups excluding carboxylic acids is 1. The highest BCUT2D eigenvalue weighted by Gasteiger charge is 2.19. The molecule has 0 atom stereocenters. The van der Waals surface area contributed by atoms with Crippen LogP contribution in [0.4, 0.5) is 0 Å². The summed E-state index contributed by atoms with van der Waals surface area (Å²) in [6, 6.07) is 6.94. The predicted octanol–water partition coefficient (Wildman–Crippen LogP) is 2.21. The number of unbranched alkanes of at least 4 members (excludes halogenated alkanes) is 1. The van der Waals surface area contributed by atoms with Gasteiger partial charge in [0.15, 0.2) is 11.2 Å². The molecule has 0 amide bonds. The van der Waals surface area contributed by atoms with Crippen molar-refractivity contribution in [2.24, 2.45) is 0 Å². The molecule has 0 saturated carbocycles. The van der Waals surface area contributed by atoms with Gasteiger partial charge < -0.3 is 14.0 Å². The summed E-state index contributed by atoms with van der Waals surface area (Å²) >= 11 is 0. The quantitative estimate of drug-likeness (QED) is 0.538. The number of aryl methyl sites for hydroxylation is 2. The fourth-order valence-corrected chi connectivity index (χ4v) is 3.31. The van der Waals surface area contributed by atoms with Crippen LogP contribution < -0.4 is 11.2 Å². The van der Waals surface area contributed by atoms with Gasteiger partial charge in [-0.15, -0.1) is 0 Å². The van der Waals surface area contributed by atoms with Gasteiger partial charge in [0.05, 0.1) is 12.2 Å². The first-order valence-corrected chi connectivity index (χ1v) is 9.97. The number of esters is 1. The summed E-state index contributed by atoms with van der Waals surface area (Å²) in [4.78, 5) is 43.9. The maximum atomic E-state index is 12.4.